The van der Waals surface area contributed by atoms with Crippen molar-refractivity contribution in [2.75, 3.05) is 13.9 Å². The summed E-state index contributed by atoms with van der Waals surface area (Å²) < 4.78 is 15.8. The summed E-state index contributed by atoms with van der Waals surface area (Å²) in [5.41, 5.74) is 0.677. The summed E-state index contributed by atoms with van der Waals surface area (Å²) in [5.74, 6) is 1.30. The molecule has 1 aromatic carbocycles. The quantitative estimate of drug-likeness (QED) is 0.850. The maximum absolute atomic E-state index is 10.2. The molecule has 0 radical (unpaired) electrons. The molecule has 4 nitrogen and oxygen atoms in total. The van der Waals surface area contributed by atoms with Gasteiger partial charge in [-0.3, -0.25) is 0 Å². The smallest absolute Gasteiger partial charge is 0.231 e. The predicted octanol–water partition coefficient (Wildman–Crippen LogP) is 1.79. The van der Waals surface area contributed by atoms with E-state index in [1.807, 2.05) is 12.1 Å². The zero-order chi connectivity index (χ0) is 11.8. The summed E-state index contributed by atoms with van der Waals surface area (Å²) in [6, 6.07) is 3.73. The van der Waals surface area contributed by atoms with Crippen LogP contribution in [0.2, 0.25) is 0 Å². The molecule has 1 aromatic rings. The molecule has 0 spiro atoms. The number of fused-ring (bicyclic) bond motifs is 1. The van der Waals surface area contributed by atoms with Crippen molar-refractivity contribution in [3.8, 4) is 11.5 Å². The number of rotatable bonds is 3. The lowest BCUT2D eigenvalue weighted by atomic mass is 9.92. The van der Waals surface area contributed by atoms with E-state index in [4.69, 9.17) is 14.2 Å². The van der Waals surface area contributed by atoms with E-state index >= 15 is 0 Å². The van der Waals surface area contributed by atoms with Crippen LogP contribution in [0.25, 0.3) is 0 Å². The fraction of sp³-hybridized carbons (Fsp3) is 0.500. The van der Waals surface area contributed by atoms with E-state index in [9.17, 15) is 5.11 Å². The van der Waals surface area contributed by atoms with Crippen LogP contribution in [-0.2, 0) is 16.9 Å². The van der Waals surface area contributed by atoms with Crippen LogP contribution < -0.4 is 9.47 Å². The van der Waals surface area contributed by atoms with Crippen molar-refractivity contribution in [2.24, 2.45) is 0 Å². The van der Waals surface area contributed by atoms with Gasteiger partial charge < -0.3 is 19.3 Å². The molecule has 2 rings (SSSR count). The van der Waals surface area contributed by atoms with Gasteiger partial charge >= 0.3 is 0 Å². The molecule has 1 aliphatic rings. The molecule has 0 amide bonds. The molecule has 1 heterocycles. The molecule has 0 atom stereocenters. The van der Waals surface area contributed by atoms with Crippen molar-refractivity contribution in [1.29, 1.82) is 0 Å². The van der Waals surface area contributed by atoms with E-state index in [2.05, 4.69) is 0 Å². The van der Waals surface area contributed by atoms with Gasteiger partial charge in [-0.05, 0) is 25.5 Å². The second-order valence-corrected chi connectivity index (χ2v) is 4.33. The Bertz CT molecular complexity index is 393. The molecule has 0 unspecified atom stereocenters. The summed E-state index contributed by atoms with van der Waals surface area (Å²) in [7, 11) is 1.62. The lowest BCUT2D eigenvalue weighted by Gasteiger charge is -2.23. The third kappa shape index (κ3) is 1.86. The molecule has 1 N–H and O–H groups in total. The Morgan fingerprint density at radius 2 is 2.12 bits per heavy atom. The molecule has 0 fully saturated rings. The first-order chi connectivity index (χ1) is 7.54. The summed E-state index contributed by atoms with van der Waals surface area (Å²) in [6.45, 7) is 4.09. The first-order valence-corrected chi connectivity index (χ1v) is 5.17. The number of aliphatic hydroxyl groups is 1. The highest BCUT2D eigenvalue weighted by atomic mass is 16.7. The predicted molar refractivity (Wildman–Crippen MR) is 58.5 cm³/mol. The topological polar surface area (TPSA) is 47.9 Å². The summed E-state index contributed by atoms with van der Waals surface area (Å²) in [5, 5.41) is 10.2. The normalized spacial score (nSPS) is 14.2. The van der Waals surface area contributed by atoms with Gasteiger partial charge in [-0.15, -0.1) is 0 Å². The minimum Gasteiger partial charge on any atom is -0.454 e. The SMILES string of the molecule is COCc1ccc2c(c1C(C)(C)O)OCO2. The Balaban J connectivity index is 2.56. The van der Waals surface area contributed by atoms with Crippen molar-refractivity contribution >= 4 is 0 Å². The Morgan fingerprint density at radius 3 is 2.75 bits per heavy atom. The van der Waals surface area contributed by atoms with Gasteiger partial charge in [0.1, 0.15) is 0 Å². The van der Waals surface area contributed by atoms with Gasteiger partial charge in [0.05, 0.1) is 12.2 Å². The van der Waals surface area contributed by atoms with Gasteiger partial charge in [-0.1, -0.05) is 6.07 Å². The fourth-order valence-corrected chi connectivity index (χ4v) is 1.96. The maximum atomic E-state index is 10.2. The van der Waals surface area contributed by atoms with Crippen molar-refractivity contribution < 1.29 is 19.3 Å². The minimum atomic E-state index is -0.979. The van der Waals surface area contributed by atoms with Crippen molar-refractivity contribution in [2.45, 2.75) is 26.1 Å². The Morgan fingerprint density at radius 1 is 1.38 bits per heavy atom. The van der Waals surface area contributed by atoms with Crippen LogP contribution in [0.1, 0.15) is 25.0 Å². The van der Waals surface area contributed by atoms with E-state index in [1.54, 1.807) is 21.0 Å². The molecule has 0 aliphatic carbocycles. The molecule has 16 heavy (non-hydrogen) atoms. The van der Waals surface area contributed by atoms with E-state index < -0.39 is 5.60 Å². The lowest BCUT2D eigenvalue weighted by molar-refractivity contribution is 0.0705. The molecule has 0 saturated carbocycles. The van der Waals surface area contributed by atoms with Gasteiger partial charge in [0, 0.05) is 12.7 Å². The number of hydrogen-bond acceptors (Lipinski definition) is 4. The molecule has 0 saturated heterocycles. The number of benzene rings is 1. The Labute approximate surface area is 94.8 Å². The molecular formula is C12H16O4. The van der Waals surface area contributed by atoms with Crippen molar-refractivity contribution in [3.63, 3.8) is 0 Å². The zero-order valence-corrected chi connectivity index (χ0v) is 9.74. The highest BCUT2D eigenvalue weighted by Crippen LogP contribution is 2.42. The molecular weight excluding hydrogens is 208 g/mol. The second kappa shape index (κ2) is 3.96. The van der Waals surface area contributed by atoms with Gasteiger partial charge in [-0.25, -0.2) is 0 Å². The molecule has 4 heteroatoms. The van der Waals surface area contributed by atoms with Crippen LogP contribution in [0.15, 0.2) is 12.1 Å². The van der Waals surface area contributed by atoms with E-state index in [0.29, 0.717) is 18.1 Å². The van der Waals surface area contributed by atoms with Crippen molar-refractivity contribution in [3.05, 3.63) is 23.3 Å². The molecule has 88 valence electrons. The monoisotopic (exact) mass is 224 g/mol. The number of methoxy groups -OCH3 is 1. The lowest BCUT2D eigenvalue weighted by Crippen LogP contribution is -2.19. The average Bonchev–Trinajstić information content (AvgIpc) is 2.63. The van der Waals surface area contributed by atoms with Gasteiger partial charge in [0.25, 0.3) is 0 Å². The highest BCUT2D eigenvalue weighted by Gasteiger charge is 2.30. The standard InChI is InChI=1S/C12H16O4/c1-12(2,13)10-8(6-14-3)4-5-9-11(10)16-7-15-9/h4-5,13H,6-7H2,1-3H3. The van der Waals surface area contributed by atoms with Crippen LogP contribution in [0, 0.1) is 0 Å². The van der Waals surface area contributed by atoms with Gasteiger partial charge in [-0.2, -0.15) is 0 Å². The number of hydrogen-bond donors (Lipinski definition) is 1. The number of ether oxygens (including phenoxy) is 3. The van der Waals surface area contributed by atoms with Crippen LogP contribution in [0.4, 0.5) is 0 Å². The fourth-order valence-electron chi connectivity index (χ4n) is 1.96. The third-order valence-corrected chi connectivity index (χ3v) is 2.54. The Hall–Kier alpha value is -1.26. The molecule has 1 aliphatic heterocycles. The first-order valence-electron chi connectivity index (χ1n) is 5.17. The average molecular weight is 224 g/mol. The summed E-state index contributed by atoms with van der Waals surface area (Å²) in [4.78, 5) is 0. The molecule has 0 aromatic heterocycles. The Kier molecular flexibility index (Phi) is 2.78. The molecule has 0 bridgehead atoms. The van der Waals surface area contributed by atoms with E-state index in [1.165, 1.54) is 0 Å². The van der Waals surface area contributed by atoms with Gasteiger partial charge in [0.2, 0.25) is 6.79 Å². The maximum Gasteiger partial charge on any atom is 0.231 e. The highest BCUT2D eigenvalue weighted by molar-refractivity contribution is 5.54. The van der Waals surface area contributed by atoms with E-state index in [-0.39, 0.29) is 6.79 Å². The first kappa shape index (κ1) is 11.2. The largest absolute Gasteiger partial charge is 0.454 e. The zero-order valence-electron chi connectivity index (χ0n) is 9.74. The second-order valence-electron chi connectivity index (χ2n) is 4.33. The van der Waals surface area contributed by atoms with Crippen LogP contribution in [-0.4, -0.2) is 19.0 Å². The van der Waals surface area contributed by atoms with Crippen LogP contribution in [0.5, 0.6) is 11.5 Å². The summed E-state index contributed by atoms with van der Waals surface area (Å²) >= 11 is 0. The van der Waals surface area contributed by atoms with E-state index in [0.717, 1.165) is 11.1 Å². The van der Waals surface area contributed by atoms with Crippen LogP contribution in [0.3, 0.4) is 0 Å². The third-order valence-electron chi connectivity index (χ3n) is 2.54. The summed E-state index contributed by atoms with van der Waals surface area (Å²) in [6.07, 6.45) is 0. The van der Waals surface area contributed by atoms with Crippen molar-refractivity contribution in [1.82, 2.24) is 0 Å². The minimum absolute atomic E-state index is 0.203. The van der Waals surface area contributed by atoms with Gasteiger partial charge in [0.15, 0.2) is 11.5 Å². The van der Waals surface area contributed by atoms with Crippen LogP contribution >= 0.6 is 0 Å².